The third kappa shape index (κ3) is 3.14. The van der Waals surface area contributed by atoms with Gasteiger partial charge in [-0.05, 0) is 44.6 Å². The maximum atomic E-state index is 14.2. The van der Waals surface area contributed by atoms with Crippen LogP contribution in [-0.4, -0.2) is 18.2 Å². The van der Waals surface area contributed by atoms with E-state index in [0.717, 1.165) is 18.8 Å². The first kappa shape index (κ1) is 15.3. The highest BCUT2D eigenvalue weighted by Gasteiger charge is 2.26. The third-order valence-electron chi connectivity index (χ3n) is 4.76. The topological polar surface area (TPSA) is 23.5 Å². The number of para-hydroxylation sites is 1. The Labute approximate surface area is 121 Å². The number of benzene rings is 1. The molecule has 1 aliphatic rings. The zero-order valence-corrected chi connectivity index (χ0v) is 12.8. The summed E-state index contributed by atoms with van der Waals surface area (Å²) in [4.78, 5) is 2.04. The van der Waals surface area contributed by atoms with Gasteiger partial charge in [-0.2, -0.15) is 0 Å². The predicted octanol–water partition coefficient (Wildman–Crippen LogP) is 4.28. The molecule has 1 aromatic rings. The molecule has 0 spiro atoms. The van der Waals surface area contributed by atoms with E-state index in [1.54, 1.807) is 13.0 Å². The molecule has 0 amide bonds. The van der Waals surface area contributed by atoms with Gasteiger partial charge in [0.25, 0.3) is 0 Å². The first-order valence-corrected chi connectivity index (χ1v) is 7.73. The molecule has 0 aromatic heterocycles. The summed E-state index contributed by atoms with van der Waals surface area (Å²) in [5.74, 6) is 0.597. The fourth-order valence-corrected chi connectivity index (χ4v) is 3.36. The average Bonchev–Trinajstić information content (AvgIpc) is 2.46. The van der Waals surface area contributed by atoms with Crippen molar-refractivity contribution >= 4 is 5.69 Å². The summed E-state index contributed by atoms with van der Waals surface area (Å²) < 4.78 is 14.2. The summed E-state index contributed by atoms with van der Waals surface area (Å²) in [5, 5.41) is 9.86. The Kier molecular flexibility index (Phi) is 5.03. The lowest BCUT2D eigenvalue weighted by Crippen LogP contribution is -2.36. The van der Waals surface area contributed by atoms with Gasteiger partial charge >= 0.3 is 0 Å². The minimum atomic E-state index is -0.643. The number of anilines is 1. The van der Waals surface area contributed by atoms with Gasteiger partial charge < -0.3 is 10.0 Å². The van der Waals surface area contributed by atoms with Gasteiger partial charge in [0.15, 0.2) is 0 Å². The highest BCUT2D eigenvalue weighted by Crippen LogP contribution is 2.35. The zero-order valence-electron chi connectivity index (χ0n) is 12.8. The van der Waals surface area contributed by atoms with Crippen LogP contribution in [-0.2, 0) is 0 Å². The molecular weight excluding hydrogens is 253 g/mol. The van der Waals surface area contributed by atoms with Crippen LogP contribution < -0.4 is 4.90 Å². The molecule has 0 heterocycles. The molecule has 20 heavy (non-hydrogen) atoms. The standard InChI is InChI=1S/C17H26FNO/c1-4-13-8-10-14(11-9-13)19(3)17-15(12(2)20)6-5-7-16(17)18/h5-7,12-14,20H,4,8-11H2,1-3H3/t12-,13?,14?/m1/s1. The Hall–Kier alpha value is -1.09. The number of aliphatic hydroxyl groups excluding tert-OH is 1. The predicted molar refractivity (Wildman–Crippen MR) is 81.5 cm³/mol. The van der Waals surface area contributed by atoms with E-state index in [2.05, 4.69) is 6.92 Å². The van der Waals surface area contributed by atoms with E-state index < -0.39 is 6.10 Å². The minimum Gasteiger partial charge on any atom is -0.389 e. The van der Waals surface area contributed by atoms with Crippen LogP contribution in [0.4, 0.5) is 10.1 Å². The van der Waals surface area contributed by atoms with Crippen molar-refractivity contribution in [3.63, 3.8) is 0 Å². The van der Waals surface area contributed by atoms with Crippen molar-refractivity contribution in [1.29, 1.82) is 0 Å². The number of nitrogens with zero attached hydrogens (tertiary/aromatic N) is 1. The quantitative estimate of drug-likeness (QED) is 0.889. The first-order valence-electron chi connectivity index (χ1n) is 7.73. The van der Waals surface area contributed by atoms with Crippen LogP contribution in [0.2, 0.25) is 0 Å². The van der Waals surface area contributed by atoms with Crippen LogP contribution in [0.15, 0.2) is 18.2 Å². The zero-order chi connectivity index (χ0) is 14.7. The Morgan fingerprint density at radius 3 is 2.50 bits per heavy atom. The van der Waals surface area contributed by atoms with Gasteiger partial charge in [0, 0.05) is 18.7 Å². The number of hydrogen-bond donors (Lipinski definition) is 1. The van der Waals surface area contributed by atoms with Crippen molar-refractivity contribution in [2.45, 2.75) is 58.1 Å². The van der Waals surface area contributed by atoms with Crippen LogP contribution in [0.3, 0.4) is 0 Å². The van der Waals surface area contributed by atoms with Gasteiger partial charge in [0.05, 0.1) is 11.8 Å². The maximum absolute atomic E-state index is 14.2. The summed E-state index contributed by atoms with van der Waals surface area (Å²) in [6, 6.07) is 5.35. The molecule has 1 aromatic carbocycles. The summed E-state index contributed by atoms with van der Waals surface area (Å²) >= 11 is 0. The minimum absolute atomic E-state index is 0.233. The Bertz CT molecular complexity index is 439. The Morgan fingerprint density at radius 2 is 1.95 bits per heavy atom. The summed E-state index contributed by atoms with van der Waals surface area (Å²) in [6.07, 6.45) is 5.28. The van der Waals surface area contributed by atoms with E-state index in [1.165, 1.54) is 25.3 Å². The van der Waals surface area contributed by atoms with Crippen molar-refractivity contribution in [3.05, 3.63) is 29.6 Å². The summed E-state index contributed by atoms with van der Waals surface area (Å²) in [6.45, 7) is 3.94. The van der Waals surface area contributed by atoms with E-state index in [4.69, 9.17) is 0 Å². The average molecular weight is 279 g/mol. The summed E-state index contributed by atoms with van der Waals surface area (Å²) in [7, 11) is 1.96. The molecule has 1 saturated carbocycles. The second-order valence-corrected chi connectivity index (χ2v) is 6.05. The van der Waals surface area contributed by atoms with Gasteiger partial charge in [-0.25, -0.2) is 4.39 Å². The second kappa shape index (κ2) is 6.57. The van der Waals surface area contributed by atoms with Crippen molar-refractivity contribution in [1.82, 2.24) is 0 Å². The smallest absolute Gasteiger partial charge is 0.146 e. The van der Waals surface area contributed by atoms with Crippen molar-refractivity contribution in [3.8, 4) is 0 Å². The normalized spacial score (nSPS) is 24.4. The molecular formula is C17H26FNO. The monoisotopic (exact) mass is 279 g/mol. The molecule has 0 bridgehead atoms. The molecule has 0 radical (unpaired) electrons. The van der Waals surface area contributed by atoms with E-state index in [9.17, 15) is 9.50 Å². The van der Waals surface area contributed by atoms with Crippen LogP contribution in [0.25, 0.3) is 0 Å². The lowest BCUT2D eigenvalue weighted by Gasteiger charge is -2.37. The molecule has 1 aliphatic carbocycles. The van der Waals surface area contributed by atoms with Gasteiger partial charge in [0.2, 0.25) is 0 Å². The van der Waals surface area contributed by atoms with E-state index >= 15 is 0 Å². The highest BCUT2D eigenvalue weighted by molar-refractivity contribution is 5.56. The number of hydrogen-bond acceptors (Lipinski definition) is 2. The molecule has 1 N–H and O–H groups in total. The van der Waals surface area contributed by atoms with Crippen molar-refractivity contribution < 1.29 is 9.50 Å². The van der Waals surface area contributed by atoms with Gasteiger partial charge in [-0.15, -0.1) is 0 Å². The first-order chi connectivity index (χ1) is 9.54. The fraction of sp³-hybridized carbons (Fsp3) is 0.647. The molecule has 3 heteroatoms. The number of rotatable bonds is 4. The molecule has 2 rings (SSSR count). The number of aliphatic hydroxyl groups is 1. The lowest BCUT2D eigenvalue weighted by molar-refractivity contribution is 0.199. The van der Waals surface area contributed by atoms with Crippen LogP contribution >= 0.6 is 0 Å². The molecule has 0 unspecified atom stereocenters. The third-order valence-corrected chi connectivity index (χ3v) is 4.76. The van der Waals surface area contributed by atoms with Crippen LogP contribution in [0.5, 0.6) is 0 Å². The molecule has 0 aliphatic heterocycles. The second-order valence-electron chi connectivity index (χ2n) is 6.05. The van der Waals surface area contributed by atoms with Gasteiger partial charge in [-0.3, -0.25) is 0 Å². The van der Waals surface area contributed by atoms with Crippen molar-refractivity contribution in [2.24, 2.45) is 5.92 Å². The SMILES string of the molecule is CCC1CCC(N(C)c2c(F)cccc2[C@@H](C)O)CC1. The maximum Gasteiger partial charge on any atom is 0.146 e. The molecule has 2 nitrogen and oxygen atoms in total. The van der Waals surface area contributed by atoms with Crippen molar-refractivity contribution in [2.75, 3.05) is 11.9 Å². The van der Waals surface area contributed by atoms with Crippen LogP contribution in [0.1, 0.15) is 57.6 Å². The Morgan fingerprint density at radius 1 is 1.30 bits per heavy atom. The highest BCUT2D eigenvalue weighted by atomic mass is 19.1. The van der Waals surface area contributed by atoms with E-state index in [0.29, 0.717) is 17.3 Å². The lowest BCUT2D eigenvalue weighted by atomic mass is 9.84. The summed E-state index contributed by atoms with van der Waals surface area (Å²) in [5.41, 5.74) is 1.26. The van der Waals surface area contributed by atoms with Crippen LogP contribution in [0, 0.1) is 11.7 Å². The molecule has 112 valence electrons. The van der Waals surface area contributed by atoms with Gasteiger partial charge in [-0.1, -0.05) is 25.5 Å². The molecule has 1 fully saturated rings. The largest absolute Gasteiger partial charge is 0.389 e. The van der Waals surface area contributed by atoms with E-state index in [-0.39, 0.29) is 5.82 Å². The Balaban J connectivity index is 2.19. The molecule has 1 atom stereocenters. The van der Waals surface area contributed by atoms with E-state index in [1.807, 2.05) is 18.0 Å². The fourth-order valence-electron chi connectivity index (χ4n) is 3.36. The molecule has 0 saturated heterocycles. The van der Waals surface area contributed by atoms with Gasteiger partial charge in [0.1, 0.15) is 5.82 Å². The number of halogens is 1.